The second kappa shape index (κ2) is 5.04. The zero-order valence-corrected chi connectivity index (χ0v) is 10.0. The molecule has 1 atom stereocenters. The highest BCUT2D eigenvalue weighted by Gasteiger charge is 2.37. The molecule has 4 nitrogen and oxygen atoms in total. The Morgan fingerprint density at radius 1 is 1.50 bits per heavy atom. The maximum absolute atomic E-state index is 12.1. The molecule has 0 aliphatic carbocycles. The van der Waals surface area contributed by atoms with Crippen molar-refractivity contribution in [2.24, 2.45) is 0 Å². The third-order valence-electron chi connectivity index (χ3n) is 3.12. The molecule has 0 spiro atoms. The van der Waals surface area contributed by atoms with Crippen molar-refractivity contribution in [3.05, 3.63) is 48.0 Å². The molecule has 4 heteroatoms. The molecule has 1 heterocycles. The lowest BCUT2D eigenvalue weighted by molar-refractivity contribution is -0.146. The van der Waals surface area contributed by atoms with E-state index < -0.39 is 12.0 Å². The SMILES string of the molecule is C=CCc1cccc(C(=O)N2CC[C@@H]2C(=O)O)c1. The van der Waals surface area contributed by atoms with Crippen molar-refractivity contribution in [3.8, 4) is 0 Å². The van der Waals surface area contributed by atoms with E-state index in [1.807, 2.05) is 12.1 Å². The first-order valence-electron chi connectivity index (χ1n) is 5.87. The summed E-state index contributed by atoms with van der Waals surface area (Å²) in [5, 5.41) is 8.93. The third-order valence-corrected chi connectivity index (χ3v) is 3.12. The molecule has 1 N–H and O–H groups in total. The van der Waals surface area contributed by atoms with Gasteiger partial charge in [0.15, 0.2) is 0 Å². The number of carbonyl (C=O) groups excluding carboxylic acids is 1. The lowest BCUT2D eigenvalue weighted by atomic mass is 10.00. The van der Waals surface area contributed by atoms with Crippen LogP contribution < -0.4 is 0 Å². The van der Waals surface area contributed by atoms with Crippen LogP contribution in [-0.4, -0.2) is 34.5 Å². The average molecular weight is 245 g/mol. The molecule has 1 aliphatic rings. The van der Waals surface area contributed by atoms with Crippen LogP contribution in [0.4, 0.5) is 0 Å². The fourth-order valence-corrected chi connectivity index (χ4v) is 2.05. The van der Waals surface area contributed by atoms with E-state index >= 15 is 0 Å². The Morgan fingerprint density at radius 2 is 2.28 bits per heavy atom. The molecule has 0 unspecified atom stereocenters. The number of likely N-dealkylation sites (tertiary alicyclic amines) is 1. The van der Waals surface area contributed by atoms with Crippen LogP contribution in [-0.2, 0) is 11.2 Å². The van der Waals surface area contributed by atoms with Gasteiger partial charge in [0.05, 0.1) is 0 Å². The third kappa shape index (κ3) is 2.27. The van der Waals surface area contributed by atoms with Crippen molar-refractivity contribution in [3.63, 3.8) is 0 Å². The summed E-state index contributed by atoms with van der Waals surface area (Å²) in [6, 6.07) is 6.57. The first kappa shape index (κ1) is 12.4. The normalized spacial score (nSPS) is 18.0. The van der Waals surface area contributed by atoms with Gasteiger partial charge in [-0.05, 0) is 30.5 Å². The number of hydrogen-bond acceptors (Lipinski definition) is 2. The zero-order chi connectivity index (χ0) is 13.1. The van der Waals surface area contributed by atoms with E-state index in [1.165, 1.54) is 4.90 Å². The van der Waals surface area contributed by atoms with Crippen molar-refractivity contribution in [2.45, 2.75) is 18.9 Å². The summed E-state index contributed by atoms with van der Waals surface area (Å²) in [5.74, 6) is -1.14. The molecule has 1 saturated heterocycles. The molecule has 0 bridgehead atoms. The molecule has 1 aromatic carbocycles. The van der Waals surface area contributed by atoms with Crippen molar-refractivity contribution in [1.29, 1.82) is 0 Å². The quantitative estimate of drug-likeness (QED) is 0.822. The Hall–Kier alpha value is -2.10. The lowest BCUT2D eigenvalue weighted by Crippen LogP contribution is -2.55. The highest BCUT2D eigenvalue weighted by Crippen LogP contribution is 2.21. The summed E-state index contributed by atoms with van der Waals surface area (Å²) >= 11 is 0. The van der Waals surface area contributed by atoms with Crippen LogP contribution in [0.1, 0.15) is 22.3 Å². The summed E-state index contributed by atoms with van der Waals surface area (Å²) in [6.07, 6.45) is 3.00. The lowest BCUT2D eigenvalue weighted by Gasteiger charge is -2.38. The van der Waals surface area contributed by atoms with E-state index in [2.05, 4.69) is 6.58 Å². The van der Waals surface area contributed by atoms with Gasteiger partial charge in [-0.15, -0.1) is 6.58 Å². The standard InChI is InChI=1S/C14H15NO3/c1-2-4-10-5-3-6-11(9-10)13(16)15-8-7-12(15)14(17)18/h2-3,5-6,9,12H,1,4,7-8H2,(H,17,18)/t12-/m1/s1. The van der Waals surface area contributed by atoms with Crippen LogP contribution in [0.2, 0.25) is 0 Å². The first-order chi connectivity index (χ1) is 8.63. The van der Waals surface area contributed by atoms with E-state index in [-0.39, 0.29) is 5.91 Å². The van der Waals surface area contributed by atoms with Gasteiger partial charge in [0.1, 0.15) is 6.04 Å². The minimum absolute atomic E-state index is 0.209. The number of amides is 1. The van der Waals surface area contributed by atoms with Gasteiger partial charge in [0.2, 0.25) is 0 Å². The first-order valence-corrected chi connectivity index (χ1v) is 5.87. The monoisotopic (exact) mass is 245 g/mol. The molecule has 0 saturated carbocycles. The number of carboxylic acids is 1. The summed E-state index contributed by atoms with van der Waals surface area (Å²) in [4.78, 5) is 24.4. The fraction of sp³-hybridized carbons (Fsp3) is 0.286. The molecule has 0 radical (unpaired) electrons. The predicted molar refractivity (Wildman–Crippen MR) is 67.4 cm³/mol. The Kier molecular flexibility index (Phi) is 3.46. The number of rotatable bonds is 4. The van der Waals surface area contributed by atoms with Crippen molar-refractivity contribution in [1.82, 2.24) is 4.90 Å². The van der Waals surface area contributed by atoms with E-state index in [0.29, 0.717) is 24.9 Å². The summed E-state index contributed by atoms with van der Waals surface area (Å²) in [5.41, 5.74) is 1.54. The van der Waals surface area contributed by atoms with Crippen LogP contribution in [0.3, 0.4) is 0 Å². The van der Waals surface area contributed by atoms with E-state index in [0.717, 1.165) is 5.56 Å². The van der Waals surface area contributed by atoms with Crippen LogP contribution >= 0.6 is 0 Å². The van der Waals surface area contributed by atoms with Gasteiger partial charge < -0.3 is 10.0 Å². The molecule has 1 aromatic rings. The Labute approximate surface area is 106 Å². The topological polar surface area (TPSA) is 57.6 Å². The summed E-state index contributed by atoms with van der Waals surface area (Å²) in [6.45, 7) is 4.17. The summed E-state index contributed by atoms with van der Waals surface area (Å²) < 4.78 is 0. The molecular weight excluding hydrogens is 230 g/mol. The molecule has 18 heavy (non-hydrogen) atoms. The maximum atomic E-state index is 12.1. The van der Waals surface area contributed by atoms with Gasteiger partial charge in [-0.1, -0.05) is 18.2 Å². The van der Waals surface area contributed by atoms with Gasteiger partial charge in [-0.25, -0.2) is 4.79 Å². The number of aliphatic carboxylic acids is 1. The van der Waals surface area contributed by atoms with Gasteiger partial charge >= 0.3 is 5.97 Å². The Balaban J connectivity index is 2.16. The Morgan fingerprint density at radius 3 is 2.83 bits per heavy atom. The van der Waals surface area contributed by atoms with E-state index in [4.69, 9.17) is 5.11 Å². The van der Waals surface area contributed by atoms with Gasteiger partial charge in [-0.3, -0.25) is 4.79 Å². The minimum Gasteiger partial charge on any atom is -0.480 e. The van der Waals surface area contributed by atoms with Crippen molar-refractivity contribution >= 4 is 11.9 Å². The van der Waals surface area contributed by atoms with Gasteiger partial charge in [0.25, 0.3) is 5.91 Å². The summed E-state index contributed by atoms with van der Waals surface area (Å²) in [7, 11) is 0. The molecule has 2 rings (SSSR count). The highest BCUT2D eigenvalue weighted by molar-refractivity contribution is 5.97. The minimum atomic E-state index is -0.933. The smallest absolute Gasteiger partial charge is 0.326 e. The molecule has 1 fully saturated rings. The van der Waals surface area contributed by atoms with Crippen LogP contribution in [0.25, 0.3) is 0 Å². The number of carbonyl (C=O) groups is 2. The van der Waals surface area contributed by atoms with Gasteiger partial charge in [0, 0.05) is 12.1 Å². The molecule has 1 amide bonds. The van der Waals surface area contributed by atoms with E-state index in [9.17, 15) is 9.59 Å². The largest absolute Gasteiger partial charge is 0.480 e. The average Bonchev–Trinajstić information content (AvgIpc) is 2.27. The highest BCUT2D eigenvalue weighted by atomic mass is 16.4. The Bertz CT molecular complexity index is 496. The number of benzene rings is 1. The predicted octanol–water partition coefficient (Wildman–Crippen LogP) is 1.71. The number of allylic oxidation sites excluding steroid dienone is 1. The van der Waals surface area contributed by atoms with Crippen molar-refractivity contribution < 1.29 is 14.7 Å². The van der Waals surface area contributed by atoms with Crippen molar-refractivity contribution in [2.75, 3.05) is 6.54 Å². The van der Waals surface area contributed by atoms with Crippen LogP contribution in [0, 0.1) is 0 Å². The molecule has 0 aromatic heterocycles. The fourth-order valence-electron chi connectivity index (χ4n) is 2.05. The number of carboxylic acid groups (broad SMARTS) is 1. The van der Waals surface area contributed by atoms with Gasteiger partial charge in [-0.2, -0.15) is 0 Å². The number of hydrogen-bond donors (Lipinski definition) is 1. The molecule has 1 aliphatic heterocycles. The number of nitrogens with zero attached hydrogens (tertiary/aromatic N) is 1. The molecule has 94 valence electrons. The molecular formula is C14H15NO3. The maximum Gasteiger partial charge on any atom is 0.326 e. The van der Waals surface area contributed by atoms with E-state index in [1.54, 1.807) is 18.2 Å². The van der Waals surface area contributed by atoms with Crippen LogP contribution in [0.15, 0.2) is 36.9 Å². The second-order valence-corrected chi connectivity index (χ2v) is 4.33. The second-order valence-electron chi connectivity index (χ2n) is 4.33. The zero-order valence-electron chi connectivity index (χ0n) is 10.0. The van der Waals surface area contributed by atoms with Crippen LogP contribution in [0.5, 0.6) is 0 Å².